The van der Waals surface area contributed by atoms with Crippen LogP contribution >= 0.6 is 23.1 Å². The Morgan fingerprint density at radius 3 is 2.39 bits per heavy atom. The second-order valence-electron chi connectivity index (χ2n) is 7.24. The first-order valence-corrected chi connectivity index (χ1v) is 10.8. The molecule has 1 aromatic carbocycles. The lowest BCUT2D eigenvalue weighted by molar-refractivity contribution is -0.115. The van der Waals surface area contributed by atoms with Gasteiger partial charge in [0.25, 0.3) is 5.56 Å². The molecule has 0 saturated heterocycles. The smallest absolute Gasteiger partial charge is 0.262 e. The highest BCUT2D eigenvalue weighted by Crippen LogP contribution is 2.30. The van der Waals surface area contributed by atoms with E-state index in [0.717, 1.165) is 32.1 Å². The molecule has 3 rings (SSSR count). The van der Waals surface area contributed by atoms with E-state index in [-0.39, 0.29) is 11.5 Å². The molecular weight excluding hydrogens is 390 g/mol. The van der Waals surface area contributed by atoms with E-state index in [1.165, 1.54) is 33.2 Å². The summed E-state index contributed by atoms with van der Waals surface area (Å²) in [4.78, 5) is 32.0. The van der Waals surface area contributed by atoms with Gasteiger partial charge in [0.15, 0.2) is 5.16 Å². The van der Waals surface area contributed by atoms with Crippen LogP contribution in [0.1, 0.15) is 34.1 Å². The molecule has 0 aliphatic carbocycles. The predicted molar refractivity (Wildman–Crippen MR) is 119 cm³/mol. The van der Waals surface area contributed by atoms with Gasteiger partial charge in [-0.1, -0.05) is 29.5 Å². The molecule has 1 N–H and O–H groups in total. The number of carbonyl (C=O) groups is 1. The lowest BCUT2D eigenvalue weighted by Crippen LogP contribution is -2.26. The number of aromatic nitrogens is 2. The van der Waals surface area contributed by atoms with E-state index < -0.39 is 5.25 Å². The first-order valence-electron chi connectivity index (χ1n) is 9.12. The SMILES string of the molecule is Cc1cc(C)c(NC(=O)C(C)Sc2nc3sc(C)c(C)c3c(=O)n2C)c(C)c1. The summed E-state index contributed by atoms with van der Waals surface area (Å²) in [5, 5.41) is 3.88. The summed E-state index contributed by atoms with van der Waals surface area (Å²) in [5.74, 6) is -0.104. The summed E-state index contributed by atoms with van der Waals surface area (Å²) in [5.41, 5.74) is 5.03. The number of aryl methyl sites for hydroxylation is 5. The predicted octanol–water partition coefficient (Wildman–Crippen LogP) is 4.66. The van der Waals surface area contributed by atoms with Crippen LogP contribution in [-0.2, 0) is 11.8 Å². The summed E-state index contributed by atoms with van der Waals surface area (Å²) in [7, 11) is 1.71. The van der Waals surface area contributed by atoms with Crippen LogP contribution in [0.2, 0.25) is 0 Å². The van der Waals surface area contributed by atoms with Crippen molar-refractivity contribution in [2.45, 2.75) is 51.9 Å². The highest BCUT2D eigenvalue weighted by Gasteiger charge is 2.21. The van der Waals surface area contributed by atoms with Gasteiger partial charge < -0.3 is 5.32 Å². The molecule has 2 heterocycles. The Labute approximate surface area is 173 Å². The van der Waals surface area contributed by atoms with Crippen molar-refractivity contribution in [1.82, 2.24) is 9.55 Å². The van der Waals surface area contributed by atoms with E-state index in [9.17, 15) is 9.59 Å². The van der Waals surface area contributed by atoms with E-state index in [2.05, 4.69) is 22.4 Å². The molecular formula is C21H25N3O2S2. The highest BCUT2D eigenvalue weighted by molar-refractivity contribution is 8.00. The number of thiophene rings is 1. The molecule has 1 unspecified atom stereocenters. The molecule has 7 heteroatoms. The monoisotopic (exact) mass is 415 g/mol. The molecule has 5 nitrogen and oxygen atoms in total. The van der Waals surface area contributed by atoms with Gasteiger partial charge in [-0.05, 0) is 58.2 Å². The number of fused-ring (bicyclic) bond motifs is 1. The van der Waals surface area contributed by atoms with Gasteiger partial charge >= 0.3 is 0 Å². The average molecular weight is 416 g/mol. The molecule has 0 saturated carbocycles. The van der Waals surface area contributed by atoms with Crippen LogP contribution in [0.4, 0.5) is 5.69 Å². The van der Waals surface area contributed by atoms with Gasteiger partial charge in [-0.15, -0.1) is 11.3 Å². The van der Waals surface area contributed by atoms with Crippen LogP contribution in [0, 0.1) is 34.6 Å². The van der Waals surface area contributed by atoms with Crippen molar-refractivity contribution in [1.29, 1.82) is 0 Å². The molecule has 28 heavy (non-hydrogen) atoms. The fraction of sp³-hybridized carbons (Fsp3) is 0.381. The Morgan fingerprint density at radius 1 is 1.18 bits per heavy atom. The standard InChI is InChI=1S/C21H25N3O2S2/c1-10-8-11(2)17(12(3)9-10)22-18(25)15(6)28-21-23-19-16(20(26)24(21)7)13(4)14(5)27-19/h8-9,15H,1-7H3,(H,22,25). The van der Waals surface area contributed by atoms with Gasteiger partial charge in [0.1, 0.15) is 4.83 Å². The number of carbonyl (C=O) groups excluding carboxylic acids is 1. The van der Waals surface area contributed by atoms with E-state index in [1.54, 1.807) is 7.05 Å². The maximum atomic E-state index is 12.8. The number of rotatable bonds is 4. The number of nitrogens with zero attached hydrogens (tertiary/aromatic N) is 2. The van der Waals surface area contributed by atoms with Crippen LogP contribution in [0.3, 0.4) is 0 Å². The normalized spacial score (nSPS) is 12.4. The Morgan fingerprint density at radius 2 is 1.79 bits per heavy atom. The Hall–Kier alpha value is -2.12. The zero-order chi connectivity index (χ0) is 20.7. The van der Waals surface area contributed by atoms with Crippen LogP contribution in [0.25, 0.3) is 10.2 Å². The number of benzene rings is 1. The first-order chi connectivity index (χ1) is 13.1. The summed E-state index contributed by atoms with van der Waals surface area (Å²) in [6.45, 7) is 11.8. The minimum Gasteiger partial charge on any atom is -0.325 e. The van der Waals surface area contributed by atoms with Crippen LogP contribution in [0.15, 0.2) is 22.1 Å². The second-order valence-corrected chi connectivity index (χ2v) is 9.76. The molecule has 148 valence electrons. The van der Waals surface area contributed by atoms with Crippen molar-refractivity contribution >= 4 is 44.9 Å². The minimum atomic E-state index is -0.391. The van der Waals surface area contributed by atoms with Crippen LogP contribution < -0.4 is 10.9 Å². The van der Waals surface area contributed by atoms with Gasteiger partial charge in [-0.2, -0.15) is 0 Å². The summed E-state index contributed by atoms with van der Waals surface area (Å²) in [6.07, 6.45) is 0. The summed E-state index contributed by atoms with van der Waals surface area (Å²) < 4.78 is 1.54. The zero-order valence-electron chi connectivity index (χ0n) is 17.3. The fourth-order valence-electron chi connectivity index (χ4n) is 3.28. The van der Waals surface area contributed by atoms with Gasteiger partial charge in [0.2, 0.25) is 5.91 Å². The van der Waals surface area contributed by atoms with Gasteiger partial charge in [0.05, 0.1) is 10.6 Å². The molecule has 0 bridgehead atoms. The van der Waals surface area contributed by atoms with Gasteiger partial charge in [-0.25, -0.2) is 4.98 Å². The third-order valence-corrected chi connectivity index (χ3v) is 7.19. The van der Waals surface area contributed by atoms with Crippen LogP contribution in [0.5, 0.6) is 0 Å². The molecule has 1 atom stereocenters. The largest absolute Gasteiger partial charge is 0.325 e. The summed E-state index contributed by atoms with van der Waals surface area (Å²) >= 11 is 2.82. The number of hydrogen-bond acceptors (Lipinski definition) is 5. The first kappa shape index (κ1) is 20.6. The van der Waals surface area contributed by atoms with Crippen molar-refractivity contribution < 1.29 is 4.79 Å². The Bertz CT molecular complexity index is 1120. The molecule has 0 spiro atoms. The van der Waals surface area contributed by atoms with Crippen molar-refractivity contribution in [2.75, 3.05) is 5.32 Å². The van der Waals surface area contributed by atoms with Crippen molar-refractivity contribution in [3.63, 3.8) is 0 Å². The van der Waals surface area contributed by atoms with Gasteiger partial charge in [-0.3, -0.25) is 14.2 Å². The molecule has 0 aliphatic rings. The third-order valence-electron chi connectivity index (χ3n) is 4.95. The average Bonchev–Trinajstić information content (AvgIpc) is 2.89. The fourth-order valence-corrected chi connectivity index (χ4v) is 5.22. The molecule has 0 fully saturated rings. The third kappa shape index (κ3) is 3.73. The zero-order valence-corrected chi connectivity index (χ0v) is 18.9. The summed E-state index contributed by atoms with van der Waals surface area (Å²) in [6, 6.07) is 4.11. The maximum absolute atomic E-state index is 12.8. The van der Waals surface area contributed by atoms with Crippen LogP contribution in [-0.4, -0.2) is 20.7 Å². The number of anilines is 1. The second kappa shape index (κ2) is 7.72. The quantitative estimate of drug-likeness (QED) is 0.497. The number of nitrogens with one attached hydrogen (secondary N) is 1. The number of thioether (sulfide) groups is 1. The van der Waals surface area contributed by atoms with E-state index in [0.29, 0.717) is 10.5 Å². The number of hydrogen-bond donors (Lipinski definition) is 1. The topological polar surface area (TPSA) is 64.0 Å². The Kier molecular flexibility index (Phi) is 5.68. The van der Waals surface area contributed by atoms with Crippen molar-refractivity contribution in [2.24, 2.45) is 7.05 Å². The van der Waals surface area contributed by atoms with Crippen molar-refractivity contribution in [3.8, 4) is 0 Å². The number of amides is 1. The molecule has 0 aliphatic heterocycles. The lowest BCUT2D eigenvalue weighted by Gasteiger charge is -2.16. The maximum Gasteiger partial charge on any atom is 0.262 e. The van der Waals surface area contributed by atoms with Gasteiger partial charge in [0, 0.05) is 17.6 Å². The van der Waals surface area contributed by atoms with Crippen molar-refractivity contribution in [3.05, 3.63) is 49.6 Å². The molecule has 0 radical (unpaired) electrons. The minimum absolute atomic E-state index is 0.0628. The highest BCUT2D eigenvalue weighted by atomic mass is 32.2. The molecule has 2 aromatic heterocycles. The van der Waals surface area contributed by atoms with E-state index in [4.69, 9.17) is 0 Å². The molecule has 3 aromatic rings. The lowest BCUT2D eigenvalue weighted by atomic mass is 10.1. The van der Waals surface area contributed by atoms with E-state index >= 15 is 0 Å². The van der Waals surface area contributed by atoms with E-state index in [1.807, 2.05) is 41.5 Å². The Balaban J connectivity index is 1.87. The molecule has 1 amide bonds.